The van der Waals surface area contributed by atoms with Gasteiger partial charge in [0.2, 0.25) is 5.91 Å². The highest BCUT2D eigenvalue weighted by molar-refractivity contribution is 5.81. The third-order valence-corrected chi connectivity index (χ3v) is 3.58. The van der Waals surface area contributed by atoms with Crippen molar-refractivity contribution in [1.29, 1.82) is 0 Å². The summed E-state index contributed by atoms with van der Waals surface area (Å²) in [4.78, 5) is 14.1. The Hall–Kier alpha value is -0.610. The van der Waals surface area contributed by atoms with Crippen molar-refractivity contribution in [2.24, 2.45) is 0 Å². The maximum absolute atomic E-state index is 11.9. The van der Waals surface area contributed by atoms with Gasteiger partial charge in [-0.2, -0.15) is 0 Å². The van der Waals surface area contributed by atoms with E-state index < -0.39 is 0 Å². The van der Waals surface area contributed by atoms with E-state index in [1.54, 1.807) is 0 Å². The lowest BCUT2D eigenvalue weighted by atomic mass is 10.2. The maximum atomic E-state index is 11.9. The van der Waals surface area contributed by atoms with E-state index in [1.165, 1.54) is 19.3 Å². The largest absolute Gasteiger partial charge is 0.352 e. The Morgan fingerprint density at radius 2 is 1.94 bits per heavy atom. The molecular formula is C14H29N3O. The quantitative estimate of drug-likeness (QED) is 0.644. The highest BCUT2D eigenvalue weighted by Gasteiger charge is 2.19. The van der Waals surface area contributed by atoms with Crippen LogP contribution >= 0.6 is 0 Å². The molecule has 1 fully saturated rings. The molecule has 0 aromatic heterocycles. The predicted molar refractivity (Wildman–Crippen MR) is 75.7 cm³/mol. The summed E-state index contributed by atoms with van der Waals surface area (Å²) in [6.07, 6.45) is 7.13. The van der Waals surface area contributed by atoms with Gasteiger partial charge in [0.25, 0.3) is 0 Å². The minimum Gasteiger partial charge on any atom is -0.352 e. The minimum atomic E-state index is -0.0649. The Labute approximate surface area is 111 Å². The molecule has 1 saturated carbocycles. The molecule has 2 N–H and O–H groups in total. The highest BCUT2D eigenvalue weighted by atomic mass is 16.2. The molecule has 0 aromatic carbocycles. The number of hydrogen-bond donors (Lipinski definition) is 2. The number of carbonyl (C=O) groups is 1. The van der Waals surface area contributed by atoms with E-state index in [9.17, 15) is 4.79 Å². The van der Waals surface area contributed by atoms with Crippen molar-refractivity contribution < 1.29 is 4.79 Å². The monoisotopic (exact) mass is 255 g/mol. The van der Waals surface area contributed by atoms with Gasteiger partial charge in [-0.15, -0.1) is 0 Å². The molecule has 0 aromatic rings. The fourth-order valence-electron chi connectivity index (χ4n) is 2.36. The first-order valence-corrected chi connectivity index (χ1v) is 7.28. The van der Waals surface area contributed by atoms with Crippen molar-refractivity contribution in [3.05, 3.63) is 0 Å². The second-order valence-corrected chi connectivity index (χ2v) is 5.68. The molecule has 1 aliphatic carbocycles. The molecule has 4 nitrogen and oxygen atoms in total. The summed E-state index contributed by atoms with van der Waals surface area (Å²) in [6.45, 7) is 3.99. The fourth-order valence-corrected chi connectivity index (χ4v) is 2.36. The summed E-state index contributed by atoms with van der Waals surface area (Å²) in [5.41, 5.74) is 0. The van der Waals surface area contributed by atoms with Crippen LogP contribution in [-0.2, 0) is 4.79 Å². The van der Waals surface area contributed by atoms with E-state index in [4.69, 9.17) is 0 Å². The van der Waals surface area contributed by atoms with Crippen molar-refractivity contribution in [2.45, 2.75) is 57.5 Å². The smallest absolute Gasteiger partial charge is 0.237 e. The third kappa shape index (κ3) is 6.36. The van der Waals surface area contributed by atoms with Crippen LogP contribution < -0.4 is 10.6 Å². The molecule has 0 heterocycles. The minimum absolute atomic E-state index is 0.0649. The van der Waals surface area contributed by atoms with Crippen LogP contribution in [0.1, 0.15) is 45.4 Å². The predicted octanol–water partition coefficient (Wildman–Crippen LogP) is 1.37. The zero-order chi connectivity index (χ0) is 13.4. The number of carbonyl (C=O) groups excluding carboxylic acids is 1. The van der Waals surface area contributed by atoms with Gasteiger partial charge in [-0.25, -0.2) is 0 Å². The van der Waals surface area contributed by atoms with Gasteiger partial charge in [0.15, 0.2) is 0 Å². The summed E-state index contributed by atoms with van der Waals surface area (Å²) < 4.78 is 0. The molecule has 0 aliphatic heterocycles. The maximum Gasteiger partial charge on any atom is 0.237 e. The normalized spacial score (nSPS) is 18.2. The molecule has 106 valence electrons. The number of rotatable bonds is 8. The van der Waals surface area contributed by atoms with E-state index in [-0.39, 0.29) is 11.9 Å². The molecule has 0 radical (unpaired) electrons. The SMILES string of the molecule is CC(NCCCCN(C)C)C(=O)NC1CCCC1. The molecule has 0 spiro atoms. The van der Waals surface area contributed by atoms with E-state index >= 15 is 0 Å². The first kappa shape index (κ1) is 15.4. The van der Waals surface area contributed by atoms with Gasteiger partial charge in [-0.05, 0) is 59.8 Å². The summed E-state index contributed by atoms with van der Waals surface area (Å²) in [6, 6.07) is 0.362. The average Bonchev–Trinajstić information content (AvgIpc) is 2.80. The lowest BCUT2D eigenvalue weighted by Gasteiger charge is -2.18. The topological polar surface area (TPSA) is 44.4 Å². The number of nitrogens with one attached hydrogen (secondary N) is 2. The Morgan fingerprint density at radius 1 is 1.28 bits per heavy atom. The van der Waals surface area contributed by atoms with Crippen LogP contribution in [0.3, 0.4) is 0 Å². The zero-order valence-electron chi connectivity index (χ0n) is 12.2. The molecule has 4 heteroatoms. The van der Waals surface area contributed by atoms with Crippen LogP contribution in [0.25, 0.3) is 0 Å². The van der Waals surface area contributed by atoms with Gasteiger partial charge in [0.1, 0.15) is 0 Å². The Kier molecular flexibility index (Phi) is 7.28. The van der Waals surface area contributed by atoms with Crippen LogP contribution in [0.4, 0.5) is 0 Å². The van der Waals surface area contributed by atoms with Gasteiger partial charge < -0.3 is 15.5 Å². The van der Waals surface area contributed by atoms with Crippen molar-refractivity contribution >= 4 is 5.91 Å². The van der Waals surface area contributed by atoms with Crippen molar-refractivity contribution in [3.63, 3.8) is 0 Å². The first-order chi connectivity index (χ1) is 8.59. The highest BCUT2D eigenvalue weighted by Crippen LogP contribution is 2.17. The molecular weight excluding hydrogens is 226 g/mol. The Balaban J connectivity index is 2.04. The van der Waals surface area contributed by atoms with Crippen LogP contribution in [0.5, 0.6) is 0 Å². The molecule has 18 heavy (non-hydrogen) atoms. The van der Waals surface area contributed by atoms with Gasteiger partial charge in [0.05, 0.1) is 6.04 Å². The van der Waals surface area contributed by atoms with Crippen LogP contribution in [-0.4, -0.2) is 50.1 Å². The molecule has 1 amide bonds. The number of hydrogen-bond acceptors (Lipinski definition) is 3. The summed E-state index contributed by atoms with van der Waals surface area (Å²) in [7, 11) is 4.18. The number of nitrogens with zero attached hydrogens (tertiary/aromatic N) is 1. The van der Waals surface area contributed by atoms with E-state index in [0.717, 1.165) is 32.4 Å². The van der Waals surface area contributed by atoms with Gasteiger partial charge >= 0.3 is 0 Å². The van der Waals surface area contributed by atoms with Gasteiger partial charge in [-0.1, -0.05) is 12.8 Å². The van der Waals surface area contributed by atoms with Crippen molar-refractivity contribution in [1.82, 2.24) is 15.5 Å². The number of amides is 1. The summed E-state index contributed by atoms with van der Waals surface area (Å²) in [5, 5.41) is 6.43. The fraction of sp³-hybridized carbons (Fsp3) is 0.929. The standard InChI is InChI=1S/C14H29N3O/c1-12(15-10-6-7-11-17(2)3)14(18)16-13-8-4-5-9-13/h12-13,15H,4-11H2,1-3H3,(H,16,18). The van der Waals surface area contributed by atoms with Crippen LogP contribution in [0.15, 0.2) is 0 Å². The molecule has 0 saturated heterocycles. The number of unbranched alkanes of at least 4 members (excludes halogenated alkanes) is 1. The van der Waals surface area contributed by atoms with Crippen LogP contribution in [0, 0.1) is 0 Å². The average molecular weight is 255 g/mol. The van der Waals surface area contributed by atoms with Gasteiger partial charge in [0, 0.05) is 6.04 Å². The van der Waals surface area contributed by atoms with Crippen molar-refractivity contribution in [2.75, 3.05) is 27.2 Å². The zero-order valence-corrected chi connectivity index (χ0v) is 12.2. The van der Waals surface area contributed by atoms with Crippen LogP contribution in [0.2, 0.25) is 0 Å². The third-order valence-electron chi connectivity index (χ3n) is 3.58. The van der Waals surface area contributed by atoms with E-state index in [2.05, 4.69) is 29.6 Å². The molecule has 0 bridgehead atoms. The molecule has 1 rings (SSSR count). The molecule has 1 atom stereocenters. The Morgan fingerprint density at radius 3 is 2.56 bits per heavy atom. The van der Waals surface area contributed by atoms with Gasteiger partial charge in [-0.3, -0.25) is 4.79 Å². The second-order valence-electron chi connectivity index (χ2n) is 5.68. The lowest BCUT2D eigenvalue weighted by Crippen LogP contribution is -2.45. The molecule has 1 unspecified atom stereocenters. The first-order valence-electron chi connectivity index (χ1n) is 7.28. The molecule has 1 aliphatic rings. The summed E-state index contributed by atoms with van der Waals surface area (Å²) in [5.74, 6) is 0.162. The second kappa shape index (κ2) is 8.48. The van der Waals surface area contributed by atoms with E-state index in [0.29, 0.717) is 6.04 Å². The summed E-state index contributed by atoms with van der Waals surface area (Å²) >= 11 is 0. The van der Waals surface area contributed by atoms with E-state index in [1.807, 2.05) is 6.92 Å². The van der Waals surface area contributed by atoms with Crippen molar-refractivity contribution in [3.8, 4) is 0 Å². The Bertz CT molecular complexity index is 237. The lowest BCUT2D eigenvalue weighted by molar-refractivity contribution is -0.123.